The van der Waals surface area contributed by atoms with Gasteiger partial charge in [-0.15, -0.1) is 0 Å². The summed E-state index contributed by atoms with van der Waals surface area (Å²) in [5, 5.41) is 10.7. The molecule has 16 heavy (non-hydrogen) atoms. The summed E-state index contributed by atoms with van der Waals surface area (Å²) in [5.41, 5.74) is -0.378. The van der Waals surface area contributed by atoms with Crippen LogP contribution in [0.5, 0.6) is 0 Å². The monoisotopic (exact) mass is 227 g/mol. The van der Waals surface area contributed by atoms with E-state index < -0.39 is 0 Å². The van der Waals surface area contributed by atoms with Gasteiger partial charge in [-0.2, -0.15) is 0 Å². The first-order valence-corrected chi connectivity index (χ1v) is 6.96. The number of likely N-dealkylation sites (tertiary alicyclic amines) is 1. The van der Waals surface area contributed by atoms with Crippen LogP contribution in [0.25, 0.3) is 0 Å². The van der Waals surface area contributed by atoms with E-state index >= 15 is 0 Å². The molecule has 0 bridgehead atoms. The quantitative estimate of drug-likeness (QED) is 0.780. The first-order chi connectivity index (χ1) is 7.51. The second kappa shape index (κ2) is 6.02. The molecule has 0 aromatic carbocycles. The minimum absolute atomic E-state index is 0.378. The van der Waals surface area contributed by atoms with Gasteiger partial charge in [0, 0.05) is 19.6 Å². The SMILES string of the molecule is CCC(CC)C1(O)CCN(CC(C)C)CC1. The molecule has 1 saturated heterocycles. The normalized spacial score (nSPS) is 21.9. The second-order valence-electron chi connectivity index (χ2n) is 5.81. The van der Waals surface area contributed by atoms with Crippen LogP contribution in [0, 0.1) is 11.8 Å². The zero-order valence-corrected chi connectivity index (χ0v) is 11.5. The molecule has 0 aromatic heterocycles. The van der Waals surface area contributed by atoms with Crippen LogP contribution in [0.4, 0.5) is 0 Å². The molecule has 0 aromatic rings. The summed E-state index contributed by atoms with van der Waals surface area (Å²) in [4.78, 5) is 2.50. The highest BCUT2D eigenvalue weighted by Gasteiger charge is 2.37. The summed E-state index contributed by atoms with van der Waals surface area (Å²) < 4.78 is 0. The van der Waals surface area contributed by atoms with E-state index in [2.05, 4.69) is 32.6 Å². The zero-order valence-electron chi connectivity index (χ0n) is 11.5. The highest BCUT2D eigenvalue weighted by Crippen LogP contribution is 2.33. The van der Waals surface area contributed by atoms with Crippen LogP contribution in [0.1, 0.15) is 53.4 Å². The van der Waals surface area contributed by atoms with Crippen molar-refractivity contribution in [1.82, 2.24) is 4.90 Å². The molecule has 0 spiro atoms. The Morgan fingerprint density at radius 2 is 1.62 bits per heavy atom. The van der Waals surface area contributed by atoms with Crippen molar-refractivity contribution < 1.29 is 5.11 Å². The van der Waals surface area contributed by atoms with Gasteiger partial charge in [-0.05, 0) is 24.7 Å². The van der Waals surface area contributed by atoms with Gasteiger partial charge in [0.05, 0.1) is 5.60 Å². The predicted molar refractivity (Wildman–Crippen MR) is 69.5 cm³/mol. The lowest BCUT2D eigenvalue weighted by molar-refractivity contribution is -0.0707. The fraction of sp³-hybridized carbons (Fsp3) is 1.00. The van der Waals surface area contributed by atoms with Gasteiger partial charge in [0.15, 0.2) is 0 Å². The molecule has 2 heteroatoms. The van der Waals surface area contributed by atoms with Gasteiger partial charge < -0.3 is 10.0 Å². The van der Waals surface area contributed by atoms with Crippen molar-refractivity contribution in [2.75, 3.05) is 19.6 Å². The Bertz CT molecular complexity index is 191. The van der Waals surface area contributed by atoms with E-state index in [1.807, 2.05) is 0 Å². The molecule has 96 valence electrons. The molecule has 1 rings (SSSR count). The van der Waals surface area contributed by atoms with Crippen molar-refractivity contribution in [2.24, 2.45) is 11.8 Å². The van der Waals surface area contributed by atoms with Crippen LogP contribution in [-0.4, -0.2) is 35.2 Å². The maximum Gasteiger partial charge on any atom is 0.0700 e. The van der Waals surface area contributed by atoms with Gasteiger partial charge in [-0.1, -0.05) is 40.5 Å². The van der Waals surface area contributed by atoms with Crippen molar-refractivity contribution in [1.29, 1.82) is 0 Å². The van der Waals surface area contributed by atoms with Crippen molar-refractivity contribution >= 4 is 0 Å². The highest BCUT2D eigenvalue weighted by molar-refractivity contribution is 4.90. The lowest BCUT2D eigenvalue weighted by atomic mass is 9.76. The summed E-state index contributed by atoms with van der Waals surface area (Å²) in [6.45, 7) is 12.3. The van der Waals surface area contributed by atoms with E-state index in [0.717, 1.165) is 44.7 Å². The minimum atomic E-state index is -0.378. The molecule has 0 aliphatic carbocycles. The van der Waals surface area contributed by atoms with Crippen molar-refractivity contribution in [3.63, 3.8) is 0 Å². The number of nitrogens with zero attached hydrogens (tertiary/aromatic N) is 1. The summed E-state index contributed by atoms with van der Waals surface area (Å²) in [7, 11) is 0. The number of rotatable bonds is 5. The van der Waals surface area contributed by atoms with E-state index in [1.165, 1.54) is 6.54 Å². The fourth-order valence-corrected chi connectivity index (χ4v) is 3.10. The third-order valence-corrected chi connectivity index (χ3v) is 4.09. The number of aliphatic hydroxyl groups is 1. The Labute approximate surface area is 101 Å². The van der Waals surface area contributed by atoms with E-state index in [1.54, 1.807) is 0 Å². The first-order valence-electron chi connectivity index (χ1n) is 6.96. The Morgan fingerprint density at radius 1 is 1.12 bits per heavy atom. The molecule has 2 nitrogen and oxygen atoms in total. The highest BCUT2D eigenvalue weighted by atomic mass is 16.3. The molecule has 1 N–H and O–H groups in total. The number of hydrogen-bond donors (Lipinski definition) is 1. The van der Waals surface area contributed by atoms with Crippen LogP contribution in [0.3, 0.4) is 0 Å². The molecule has 1 heterocycles. The van der Waals surface area contributed by atoms with Crippen LogP contribution in [0.2, 0.25) is 0 Å². The van der Waals surface area contributed by atoms with Crippen LogP contribution in [-0.2, 0) is 0 Å². The summed E-state index contributed by atoms with van der Waals surface area (Å²) >= 11 is 0. The zero-order chi connectivity index (χ0) is 12.2. The van der Waals surface area contributed by atoms with E-state index in [9.17, 15) is 5.11 Å². The lowest BCUT2D eigenvalue weighted by Gasteiger charge is -2.43. The van der Waals surface area contributed by atoms with Crippen molar-refractivity contribution in [3.8, 4) is 0 Å². The molecular weight excluding hydrogens is 198 g/mol. The maximum atomic E-state index is 10.7. The molecule has 1 aliphatic heterocycles. The molecule has 1 aliphatic rings. The van der Waals surface area contributed by atoms with Crippen LogP contribution >= 0.6 is 0 Å². The maximum absolute atomic E-state index is 10.7. The number of hydrogen-bond acceptors (Lipinski definition) is 2. The van der Waals surface area contributed by atoms with E-state index in [4.69, 9.17) is 0 Å². The Hall–Kier alpha value is -0.0800. The Kier molecular flexibility index (Phi) is 5.26. The van der Waals surface area contributed by atoms with Gasteiger partial charge in [-0.25, -0.2) is 0 Å². The Morgan fingerprint density at radius 3 is 2.00 bits per heavy atom. The molecule has 0 unspecified atom stereocenters. The average Bonchev–Trinajstić information content (AvgIpc) is 2.23. The van der Waals surface area contributed by atoms with E-state index in [-0.39, 0.29) is 5.60 Å². The molecule has 0 radical (unpaired) electrons. The largest absolute Gasteiger partial charge is 0.390 e. The first kappa shape index (κ1) is 14.0. The van der Waals surface area contributed by atoms with Gasteiger partial charge >= 0.3 is 0 Å². The Balaban J connectivity index is 2.46. The van der Waals surface area contributed by atoms with E-state index in [0.29, 0.717) is 5.92 Å². The average molecular weight is 227 g/mol. The van der Waals surface area contributed by atoms with Crippen molar-refractivity contribution in [3.05, 3.63) is 0 Å². The third-order valence-electron chi connectivity index (χ3n) is 4.09. The van der Waals surface area contributed by atoms with Crippen LogP contribution < -0.4 is 0 Å². The second-order valence-corrected chi connectivity index (χ2v) is 5.81. The van der Waals surface area contributed by atoms with Gasteiger partial charge in [0.2, 0.25) is 0 Å². The molecule has 0 atom stereocenters. The molecular formula is C14H29NO. The standard InChI is InChI=1S/C14H29NO/c1-5-13(6-2)14(16)7-9-15(10-8-14)11-12(3)4/h12-13,16H,5-11H2,1-4H3. The fourth-order valence-electron chi connectivity index (χ4n) is 3.10. The van der Waals surface area contributed by atoms with Crippen molar-refractivity contribution in [2.45, 2.75) is 59.0 Å². The molecule has 1 fully saturated rings. The summed E-state index contributed by atoms with van der Waals surface area (Å²) in [5.74, 6) is 1.23. The third kappa shape index (κ3) is 3.46. The lowest BCUT2D eigenvalue weighted by Crippen LogP contribution is -2.49. The van der Waals surface area contributed by atoms with Gasteiger partial charge in [-0.3, -0.25) is 0 Å². The van der Waals surface area contributed by atoms with Gasteiger partial charge in [0.1, 0.15) is 0 Å². The topological polar surface area (TPSA) is 23.5 Å². The summed E-state index contributed by atoms with van der Waals surface area (Å²) in [6.07, 6.45) is 4.15. The smallest absolute Gasteiger partial charge is 0.0700 e. The number of piperidine rings is 1. The summed E-state index contributed by atoms with van der Waals surface area (Å²) in [6, 6.07) is 0. The molecule has 0 amide bonds. The minimum Gasteiger partial charge on any atom is -0.390 e. The molecule has 0 saturated carbocycles. The van der Waals surface area contributed by atoms with Crippen LogP contribution in [0.15, 0.2) is 0 Å². The predicted octanol–water partition coefficient (Wildman–Crippen LogP) is 2.91. The van der Waals surface area contributed by atoms with Gasteiger partial charge in [0.25, 0.3) is 0 Å².